The Bertz CT molecular complexity index is 1330. The molecule has 4 rings (SSSR count). The van der Waals surface area contributed by atoms with Gasteiger partial charge in [0.2, 0.25) is 11.8 Å². The largest absolute Gasteiger partial charge is 0.416 e. The van der Waals surface area contributed by atoms with Gasteiger partial charge in [-0.15, -0.1) is 0 Å². The average molecular weight is 526 g/mol. The highest BCUT2D eigenvalue weighted by Gasteiger charge is 2.36. The van der Waals surface area contributed by atoms with Crippen molar-refractivity contribution in [2.45, 2.75) is 38.1 Å². The van der Waals surface area contributed by atoms with Crippen LogP contribution in [0.1, 0.15) is 28.7 Å². The van der Waals surface area contributed by atoms with E-state index >= 15 is 0 Å². The Morgan fingerprint density at radius 1 is 1.05 bits per heavy atom. The summed E-state index contributed by atoms with van der Waals surface area (Å²) in [7, 11) is 0. The van der Waals surface area contributed by atoms with Crippen molar-refractivity contribution in [1.82, 2.24) is 4.90 Å². The summed E-state index contributed by atoms with van der Waals surface area (Å²) in [6, 6.07) is 19.8. The zero-order valence-electron chi connectivity index (χ0n) is 20.4. The lowest BCUT2D eigenvalue weighted by atomic mass is 10.1. The van der Waals surface area contributed by atoms with Gasteiger partial charge < -0.3 is 5.32 Å². The number of aliphatic imine (C=N–C) groups is 1. The first-order valence-electron chi connectivity index (χ1n) is 11.7. The molecular formula is C28H26F3N3O2S. The molecule has 0 radical (unpaired) electrons. The first-order chi connectivity index (χ1) is 17.6. The van der Waals surface area contributed by atoms with E-state index in [0.717, 1.165) is 40.6 Å². The molecule has 2 amide bonds. The van der Waals surface area contributed by atoms with Crippen molar-refractivity contribution in [3.63, 3.8) is 0 Å². The molecule has 0 aromatic heterocycles. The van der Waals surface area contributed by atoms with Crippen LogP contribution >= 0.6 is 11.8 Å². The van der Waals surface area contributed by atoms with Crippen LogP contribution < -0.4 is 5.32 Å². The van der Waals surface area contributed by atoms with Gasteiger partial charge in [-0.1, -0.05) is 65.9 Å². The summed E-state index contributed by atoms with van der Waals surface area (Å²) in [6.07, 6.45) is -4.03. The zero-order chi connectivity index (χ0) is 26.6. The first kappa shape index (κ1) is 26.5. The molecule has 3 aromatic carbocycles. The summed E-state index contributed by atoms with van der Waals surface area (Å²) in [5.74, 6) is -0.661. The van der Waals surface area contributed by atoms with Crippen LogP contribution in [0.25, 0.3) is 0 Å². The predicted molar refractivity (Wildman–Crippen MR) is 141 cm³/mol. The third-order valence-electron chi connectivity index (χ3n) is 5.94. The fourth-order valence-corrected chi connectivity index (χ4v) is 5.10. The topological polar surface area (TPSA) is 61.8 Å². The lowest BCUT2D eigenvalue weighted by Crippen LogP contribution is -2.46. The number of carbonyl (C=O) groups excluding carboxylic acids is 2. The number of anilines is 1. The number of amidine groups is 1. The Morgan fingerprint density at radius 3 is 2.51 bits per heavy atom. The fraction of sp³-hybridized carbons (Fsp3) is 0.250. The van der Waals surface area contributed by atoms with E-state index in [1.807, 2.05) is 62.4 Å². The molecule has 9 heteroatoms. The lowest BCUT2D eigenvalue weighted by molar-refractivity contribution is -0.137. The number of nitrogens with one attached hydrogen (secondary N) is 1. The van der Waals surface area contributed by atoms with E-state index in [9.17, 15) is 22.8 Å². The lowest BCUT2D eigenvalue weighted by Gasteiger charge is -2.32. The van der Waals surface area contributed by atoms with Gasteiger partial charge in [-0.25, -0.2) is 4.99 Å². The van der Waals surface area contributed by atoms with Crippen molar-refractivity contribution in [2.24, 2.45) is 4.99 Å². The molecule has 3 aromatic rings. The number of nitrogens with zero attached hydrogens (tertiary/aromatic N) is 2. The second-order valence-corrected chi connectivity index (χ2v) is 10.0. The molecular weight excluding hydrogens is 499 g/mol. The van der Waals surface area contributed by atoms with Gasteiger partial charge in [-0.3, -0.25) is 14.5 Å². The van der Waals surface area contributed by atoms with Crippen molar-refractivity contribution < 1.29 is 22.8 Å². The molecule has 0 bridgehead atoms. The van der Waals surface area contributed by atoms with Crippen LogP contribution in [0.5, 0.6) is 0 Å². The Hall–Kier alpha value is -3.59. The summed E-state index contributed by atoms with van der Waals surface area (Å²) in [6.45, 7) is 4.13. The number of carbonyl (C=O) groups is 2. The molecule has 0 aliphatic carbocycles. The molecule has 192 valence electrons. The van der Waals surface area contributed by atoms with Gasteiger partial charge in [0.05, 0.1) is 11.3 Å². The Kier molecular flexibility index (Phi) is 8.02. The van der Waals surface area contributed by atoms with E-state index in [0.29, 0.717) is 18.7 Å². The molecule has 0 spiro atoms. The van der Waals surface area contributed by atoms with Crippen LogP contribution in [0, 0.1) is 13.8 Å². The molecule has 1 aliphatic heterocycles. The first-order valence-corrected chi connectivity index (χ1v) is 12.6. The van der Waals surface area contributed by atoms with E-state index in [2.05, 4.69) is 10.3 Å². The van der Waals surface area contributed by atoms with Crippen LogP contribution in [-0.2, 0) is 22.2 Å². The van der Waals surface area contributed by atoms with Gasteiger partial charge in [0, 0.05) is 18.7 Å². The molecule has 1 N–H and O–H groups in total. The number of hydrogen-bond acceptors (Lipinski definition) is 4. The molecule has 5 nitrogen and oxygen atoms in total. The highest BCUT2D eigenvalue weighted by Crippen LogP contribution is 2.34. The van der Waals surface area contributed by atoms with E-state index < -0.39 is 17.0 Å². The van der Waals surface area contributed by atoms with Crippen molar-refractivity contribution in [3.05, 3.63) is 95.1 Å². The zero-order valence-corrected chi connectivity index (χ0v) is 21.2. The maximum absolute atomic E-state index is 13.3. The van der Waals surface area contributed by atoms with E-state index in [1.165, 1.54) is 17.0 Å². The standard InChI is InChI=1S/C28H26F3N3O2S/c1-18-11-12-23(19(2)15-18)33-26(36)24-17-25(35)34(14-13-20-7-4-3-5-8-20)27(37-24)32-22-10-6-9-21(16-22)28(29,30)31/h3-12,15-16,24H,13-14,17H2,1-2H3,(H,33,36). The number of rotatable bonds is 6. The van der Waals surface area contributed by atoms with Crippen LogP contribution in [0.2, 0.25) is 0 Å². The third-order valence-corrected chi connectivity index (χ3v) is 7.12. The van der Waals surface area contributed by atoms with Crippen molar-refractivity contribution in [2.75, 3.05) is 11.9 Å². The Morgan fingerprint density at radius 2 is 1.81 bits per heavy atom. The molecule has 1 fully saturated rings. The van der Waals surface area contributed by atoms with E-state index in [4.69, 9.17) is 0 Å². The number of thioether (sulfide) groups is 1. The number of aryl methyl sites for hydroxylation is 2. The van der Waals surface area contributed by atoms with Gasteiger partial charge >= 0.3 is 6.18 Å². The summed E-state index contributed by atoms with van der Waals surface area (Å²) < 4.78 is 39.8. The highest BCUT2D eigenvalue weighted by molar-refractivity contribution is 8.15. The minimum absolute atomic E-state index is 0.0438. The van der Waals surface area contributed by atoms with Crippen molar-refractivity contribution in [3.8, 4) is 0 Å². The summed E-state index contributed by atoms with van der Waals surface area (Å²) >= 11 is 1.08. The molecule has 1 aliphatic rings. The number of alkyl halides is 3. The van der Waals surface area contributed by atoms with E-state index in [1.54, 1.807) is 0 Å². The van der Waals surface area contributed by atoms with Crippen LogP contribution in [0.4, 0.5) is 24.5 Å². The molecule has 0 saturated carbocycles. The Balaban J connectivity index is 1.61. The molecule has 37 heavy (non-hydrogen) atoms. The smallest absolute Gasteiger partial charge is 0.325 e. The fourth-order valence-electron chi connectivity index (χ4n) is 3.98. The molecule has 1 heterocycles. The maximum Gasteiger partial charge on any atom is 0.416 e. The molecule has 1 atom stereocenters. The van der Waals surface area contributed by atoms with Crippen molar-refractivity contribution >= 4 is 40.1 Å². The highest BCUT2D eigenvalue weighted by atomic mass is 32.2. The minimum atomic E-state index is -4.52. The predicted octanol–water partition coefficient (Wildman–Crippen LogP) is 6.53. The van der Waals surface area contributed by atoms with Crippen LogP contribution in [-0.4, -0.2) is 33.7 Å². The summed E-state index contributed by atoms with van der Waals surface area (Å²) in [5, 5.41) is 2.31. The normalized spacial score (nSPS) is 17.2. The van der Waals surface area contributed by atoms with Crippen molar-refractivity contribution in [1.29, 1.82) is 0 Å². The maximum atomic E-state index is 13.3. The van der Waals surface area contributed by atoms with Gasteiger partial charge in [-0.05, 0) is 55.7 Å². The quantitative estimate of drug-likeness (QED) is 0.398. The summed E-state index contributed by atoms with van der Waals surface area (Å²) in [5.41, 5.74) is 2.83. The van der Waals surface area contributed by atoms with Gasteiger partial charge in [-0.2, -0.15) is 13.2 Å². The SMILES string of the molecule is Cc1ccc(NC(=O)C2CC(=O)N(CCc3ccccc3)C(=Nc3cccc(C(F)(F)F)c3)S2)c(C)c1. The third kappa shape index (κ3) is 6.80. The van der Waals surface area contributed by atoms with E-state index in [-0.39, 0.29) is 29.1 Å². The second-order valence-electron chi connectivity index (χ2n) is 8.84. The van der Waals surface area contributed by atoms with Crippen LogP contribution in [0.15, 0.2) is 77.8 Å². The second kappa shape index (κ2) is 11.2. The molecule has 1 saturated heterocycles. The average Bonchev–Trinajstić information content (AvgIpc) is 2.85. The summed E-state index contributed by atoms with van der Waals surface area (Å²) in [4.78, 5) is 32.2. The monoisotopic (exact) mass is 525 g/mol. The van der Waals surface area contributed by atoms with Gasteiger partial charge in [0.15, 0.2) is 5.17 Å². The number of benzene rings is 3. The minimum Gasteiger partial charge on any atom is -0.325 e. The molecule has 1 unspecified atom stereocenters. The van der Waals surface area contributed by atoms with Gasteiger partial charge in [0.25, 0.3) is 0 Å². The van der Waals surface area contributed by atoms with Crippen LogP contribution in [0.3, 0.4) is 0 Å². The number of hydrogen-bond donors (Lipinski definition) is 1. The van der Waals surface area contributed by atoms with Gasteiger partial charge in [0.1, 0.15) is 5.25 Å². The number of halogens is 3. The Labute approximate surface area is 217 Å². The number of amides is 2.